The second-order valence-corrected chi connectivity index (χ2v) is 10.7. The maximum atomic E-state index is 6.16. The number of hydrogen-bond donors (Lipinski definition) is 0. The average Bonchev–Trinajstić information content (AvgIpc) is 2.65. The zero-order valence-electron chi connectivity index (χ0n) is 13.9. The lowest BCUT2D eigenvalue weighted by Gasteiger charge is -2.17. The van der Waals surface area contributed by atoms with Gasteiger partial charge in [-0.15, -0.1) is 0 Å². The van der Waals surface area contributed by atoms with Crippen LogP contribution in [0.4, 0.5) is 0 Å². The van der Waals surface area contributed by atoms with E-state index in [2.05, 4.69) is 9.97 Å². The van der Waals surface area contributed by atoms with Crippen molar-refractivity contribution in [3.63, 3.8) is 0 Å². The van der Waals surface area contributed by atoms with Crippen LogP contribution in [0.2, 0.25) is 0 Å². The van der Waals surface area contributed by atoms with Crippen LogP contribution in [0.1, 0.15) is 11.4 Å². The molecule has 0 fully saturated rings. The van der Waals surface area contributed by atoms with Crippen molar-refractivity contribution in [3.05, 3.63) is 72.1 Å². The van der Waals surface area contributed by atoms with Crippen LogP contribution in [0.3, 0.4) is 0 Å². The maximum absolute atomic E-state index is 6.16. The van der Waals surface area contributed by atoms with Gasteiger partial charge >= 0.3 is 0 Å². The van der Waals surface area contributed by atoms with Gasteiger partial charge in [0.2, 0.25) is 7.59 Å². The molecule has 0 aliphatic heterocycles. The normalized spacial score (nSPS) is 12.6. The summed E-state index contributed by atoms with van der Waals surface area (Å²) in [5.41, 5.74) is 3.54. The molecule has 2 aromatic carbocycles. The first-order valence-electron chi connectivity index (χ1n) is 8.09. The van der Waals surface area contributed by atoms with E-state index in [-0.39, 0.29) is 5.69 Å². The Bertz CT molecular complexity index is 1180. The van der Waals surface area contributed by atoms with Gasteiger partial charge in [0.15, 0.2) is 0 Å². The first-order valence-corrected chi connectivity index (χ1v) is 10.4. The van der Waals surface area contributed by atoms with Gasteiger partial charge in [-0.2, -0.15) is 0 Å². The highest BCUT2D eigenvalue weighted by molar-refractivity contribution is 6.67. The molecule has 0 atom stereocenters. The summed E-state index contributed by atoms with van der Waals surface area (Å²) in [6, 6.07) is 18.9. The van der Waals surface area contributed by atoms with Crippen LogP contribution in [-0.2, 0) is 7.59 Å². The lowest BCUT2D eigenvalue weighted by molar-refractivity contribution is 1.10. The molecule has 0 bridgehead atoms. The van der Waals surface area contributed by atoms with Crippen LogP contribution < -0.4 is 0 Å². The fraction of sp³-hybridized carbons (Fsp3) is 0.100. The molecule has 0 aliphatic carbocycles. The van der Waals surface area contributed by atoms with E-state index in [1.54, 1.807) is 12.1 Å². The highest BCUT2D eigenvalue weighted by Crippen LogP contribution is 2.42. The van der Waals surface area contributed by atoms with Crippen molar-refractivity contribution in [2.45, 2.75) is 7.59 Å². The van der Waals surface area contributed by atoms with Gasteiger partial charge < -0.3 is 0 Å². The molecule has 28 heavy (non-hydrogen) atoms. The number of fused-ring (bicyclic) bond motifs is 3. The third-order valence-corrected chi connectivity index (χ3v) is 5.47. The van der Waals surface area contributed by atoms with Gasteiger partial charge in [0.1, 0.15) is 0 Å². The van der Waals surface area contributed by atoms with Crippen LogP contribution in [0.15, 0.2) is 60.7 Å². The minimum Gasteiger partial charge on any atom is -0.246 e. The highest BCUT2D eigenvalue weighted by atomic mass is 35.6. The van der Waals surface area contributed by atoms with Crippen molar-refractivity contribution >= 4 is 91.4 Å². The zero-order chi connectivity index (χ0) is 20.1. The summed E-state index contributed by atoms with van der Waals surface area (Å²) in [7, 11) is 0. The number of aromatic nitrogens is 2. The molecule has 8 heteroatoms. The van der Waals surface area contributed by atoms with Crippen LogP contribution in [0.25, 0.3) is 32.9 Å². The van der Waals surface area contributed by atoms with Crippen LogP contribution >= 0.6 is 69.6 Å². The molecule has 0 aliphatic rings. The van der Waals surface area contributed by atoms with E-state index in [0.717, 1.165) is 21.9 Å². The fourth-order valence-corrected chi connectivity index (χ4v) is 3.64. The standard InChI is InChI=1S/C20H10Cl6N2/c21-19(22,23)15-9-7-12-6-8-13-14(11-4-2-1-3-5-11)10-16(20(24,25)26)28-18(13)17(12)27-15/h1-10H. The Morgan fingerprint density at radius 3 is 1.86 bits per heavy atom. The molecule has 0 N–H and O–H groups in total. The zero-order valence-corrected chi connectivity index (χ0v) is 18.5. The molecule has 4 rings (SSSR count). The minimum atomic E-state index is -1.70. The lowest BCUT2D eigenvalue weighted by Crippen LogP contribution is -2.06. The third kappa shape index (κ3) is 3.87. The quantitative estimate of drug-likeness (QED) is 0.199. The molecule has 0 saturated heterocycles. The molecule has 0 radical (unpaired) electrons. The molecule has 0 amide bonds. The lowest BCUT2D eigenvalue weighted by atomic mass is 9.98. The van der Waals surface area contributed by atoms with E-state index in [1.165, 1.54) is 0 Å². The van der Waals surface area contributed by atoms with Crippen LogP contribution in [-0.4, -0.2) is 9.97 Å². The van der Waals surface area contributed by atoms with Crippen LogP contribution in [0.5, 0.6) is 0 Å². The molecule has 0 spiro atoms. The summed E-state index contributed by atoms with van der Waals surface area (Å²) in [5, 5.41) is 1.68. The van der Waals surface area contributed by atoms with E-state index >= 15 is 0 Å². The van der Waals surface area contributed by atoms with E-state index in [4.69, 9.17) is 69.6 Å². The summed E-state index contributed by atoms with van der Waals surface area (Å²) in [6.07, 6.45) is 0. The second kappa shape index (κ2) is 7.36. The molecule has 142 valence electrons. The van der Waals surface area contributed by atoms with Crippen molar-refractivity contribution in [1.29, 1.82) is 0 Å². The van der Waals surface area contributed by atoms with Crippen molar-refractivity contribution in [3.8, 4) is 11.1 Å². The summed E-state index contributed by atoms with van der Waals surface area (Å²) in [6.45, 7) is 0. The van der Waals surface area contributed by atoms with Crippen molar-refractivity contribution in [2.75, 3.05) is 0 Å². The summed E-state index contributed by atoms with van der Waals surface area (Å²) in [4.78, 5) is 9.14. The van der Waals surface area contributed by atoms with E-state index in [9.17, 15) is 0 Å². The van der Waals surface area contributed by atoms with E-state index in [1.807, 2.05) is 48.5 Å². The summed E-state index contributed by atoms with van der Waals surface area (Å²) >= 11 is 36.6. The molecule has 2 nitrogen and oxygen atoms in total. The van der Waals surface area contributed by atoms with E-state index < -0.39 is 7.59 Å². The molecule has 2 heterocycles. The first-order chi connectivity index (χ1) is 13.1. The number of nitrogens with zero attached hydrogens (tertiary/aromatic N) is 2. The predicted molar refractivity (Wildman–Crippen MR) is 121 cm³/mol. The van der Waals surface area contributed by atoms with E-state index in [0.29, 0.717) is 16.7 Å². The topological polar surface area (TPSA) is 25.8 Å². The summed E-state index contributed by atoms with van der Waals surface area (Å²) < 4.78 is -3.36. The Hall–Kier alpha value is -1.00. The Morgan fingerprint density at radius 2 is 1.21 bits per heavy atom. The maximum Gasteiger partial charge on any atom is 0.232 e. The highest BCUT2D eigenvalue weighted by Gasteiger charge is 2.28. The molecule has 0 unspecified atom stereocenters. The number of rotatable bonds is 1. The van der Waals surface area contributed by atoms with Gasteiger partial charge in [-0.3, -0.25) is 0 Å². The van der Waals surface area contributed by atoms with Gasteiger partial charge in [0.25, 0.3) is 0 Å². The van der Waals surface area contributed by atoms with Gasteiger partial charge in [0.05, 0.1) is 22.4 Å². The average molecular weight is 491 g/mol. The van der Waals surface area contributed by atoms with Gasteiger partial charge in [-0.1, -0.05) is 118 Å². The first kappa shape index (κ1) is 20.3. The minimum absolute atomic E-state index is 0.289. The molecule has 2 aromatic heterocycles. The molecular formula is C20H10Cl6N2. The second-order valence-electron chi connectivity index (χ2n) is 6.15. The monoisotopic (exact) mass is 488 g/mol. The largest absolute Gasteiger partial charge is 0.246 e. The fourth-order valence-electron chi connectivity index (χ4n) is 3.03. The van der Waals surface area contributed by atoms with Crippen molar-refractivity contribution in [1.82, 2.24) is 9.97 Å². The Kier molecular flexibility index (Phi) is 5.33. The van der Waals surface area contributed by atoms with Crippen molar-refractivity contribution < 1.29 is 0 Å². The van der Waals surface area contributed by atoms with Gasteiger partial charge in [0, 0.05) is 10.8 Å². The molecule has 4 aromatic rings. The third-order valence-electron chi connectivity index (χ3n) is 4.30. The molecule has 0 saturated carbocycles. The Balaban J connectivity index is 2.14. The predicted octanol–water partition coefficient (Wildman–Crippen LogP) is 8.10. The smallest absolute Gasteiger partial charge is 0.232 e. The van der Waals surface area contributed by atoms with Crippen molar-refractivity contribution in [2.24, 2.45) is 0 Å². The van der Waals surface area contributed by atoms with Gasteiger partial charge in [-0.05, 0) is 23.3 Å². The van der Waals surface area contributed by atoms with Crippen LogP contribution in [0, 0.1) is 0 Å². The summed E-state index contributed by atoms with van der Waals surface area (Å²) in [5.74, 6) is 0. The number of benzene rings is 2. The van der Waals surface area contributed by atoms with Gasteiger partial charge in [-0.25, -0.2) is 9.97 Å². The Labute approximate surface area is 191 Å². The number of hydrogen-bond acceptors (Lipinski definition) is 2. The number of alkyl halides is 6. The Morgan fingerprint density at radius 1 is 0.607 bits per heavy atom. The SMILES string of the molecule is ClC(Cl)(Cl)c1ccc2ccc3c(-c4ccccc4)cc(C(Cl)(Cl)Cl)nc3c2n1. The molecular weight excluding hydrogens is 481 g/mol. The number of halogens is 6. The number of pyridine rings is 2.